The van der Waals surface area contributed by atoms with Crippen molar-refractivity contribution in [2.24, 2.45) is 5.92 Å². The van der Waals surface area contributed by atoms with Gasteiger partial charge in [0.2, 0.25) is 0 Å². The van der Waals surface area contributed by atoms with Crippen LogP contribution < -0.4 is 0 Å². The molecule has 7 heavy (non-hydrogen) atoms. The van der Waals surface area contributed by atoms with E-state index in [2.05, 4.69) is 6.92 Å². The van der Waals surface area contributed by atoms with E-state index < -0.39 is 6.17 Å². The minimum absolute atomic E-state index is 0.431. The van der Waals surface area contributed by atoms with Crippen LogP contribution in [0.2, 0.25) is 0 Å². The lowest BCUT2D eigenvalue weighted by Gasteiger charge is -1.84. The average molecular weight is 102 g/mol. The van der Waals surface area contributed by atoms with Gasteiger partial charge in [-0.1, -0.05) is 13.3 Å². The van der Waals surface area contributed by atoms with E-state index in [1.165, 1.54) is 0 Å². The zero-order valence-electron chi connectivity index (χ0n) is 4.65. The molecule has 1 aliphatic carbocycles. The highest BCUT2D eigenvalue weighted by molar-refractivity contribution is 4.85. The lowest BCUT2D eigenvalue weighted by molar-refractivity contribution is 0.436. The molecule has 0 aromatic heterocycles. The zero-order valence-corrected chi connectivity index (χ0v) is 4.65. The predicted octanol–water partition coefficient (Wildman–Crippen LogP) is 2.14. The number of alkyl halides is 1. The third-order valence-electron chi connectivity index (χ3n) is 1.50. The van der Waals surface area contributed by atoms with Crippen LogP contribution in [0, 0.1) is 5.92 Å². The van der Waals surface area contributed by atoms with Crippen molar-refractivity contribution in [1.82, 2.24) is 0 Å². The van der Waals surface area contributed by atoms with Gasteiger partial charge in [-0.3, -0.25) is 0 Å². The lowest BCUT2D eigenvalue weighted by atomic mass is 10.2. The minimum Gasteiger partial charge on any atom is -0.247 e. The van der Waals surface area contributed by atoms with Gasteiger partial charge in [-0.2, -0.15) is 0 Å². The van der Waals surface area contributed by atoms with Crippen LogP contribution in [-0.2, 0) is 0 Å². The quantitative estimate of drug-likeness (QED) is 0.501. The van der Waals surface area contributed by atoms with Gasteiger partial charge in [-0.25, -0.2) is 4.39 Å². The van der Waals surface area contributed by atoms with E-state index in [0.29, 0.717) is 5.92 Å². The number of hydrogen-bond donors (Lipinski definition) is 0. The second-order valence-corrected chi connectivity index (χ2v) is 2.30. The molecule has 0 amide bonds. The maximum Gasteiger partial charge on any atom is 0.103 e. The largest absolute Gasteiger partial charge is 0.247 e. The summed E-state index contributed by atoms with van der Waals surface area (Å²) in [4.78, 5) is 0. The molecule has 0 radical (unpaired) electrons. The van der Waals surface area contributed by atoms with E-state index in [1.807, 2.05) is 0 Å². The summed E-state index contributed by atoms with van der Waals surface area (Å²) in [5, 5.41) is 0. The monoisotopic (exact) mass is 102 g/mol. The summed E-state index contributed by atoms with van der Waals surface area (Å²) in [6, 6.07) is 0. The maximum atomic E-state index is 12.0. The van der Waals surface area contributed by atoms with Crippen LogP contribution in [0.3, 0.4) is 0 Å². The van der Waals surface area contributed by atoms with Crippen molar-refractivity contribution in [3.05, 3.63) is 0 Å². The molecule has 0 heterocycles. The summed E-state index contributed by atoms with van der Waals surface area (Å²) < 4.78 is 12.0. The molecule has 2 unspecified atom stereocenters. The molecule has 1 heteroatoms. The standard InChI is InChI=1S/C6H11F/c1-2-3-5-4-6(5)7/h5-6H,2-4H2,1H3. The first-order chi connectivity index (χ1) is 3.34. The summed E-state index contributed by atoms with van der Waals surface area (Å²) in [6.45, 7) is 2.10. The van der Waals surface area contributed by atoms with Crippen LogP contribution in [-0.4, -0.2) is 6.17 Å². The molecule has 1 fully saturated rings. The fourth-order valence-corrected chi connectivity index (χ4v) is 0.880. The van der Waals surface area contributed by atoms with Crippen molar-refractivity contribution in [3.63, 3.8) is 0 Å². The van der Waals surface area contributed by atoms with E-state index in [9.17, 15) is 4.39 Å². The van der Waals surface area contributed by atoms with Crippen molar-refractivity contribution in [1.29, 1.82) is 0 Å². The summed E-state index contributed by atoms with van der Waals surface area (Å²) in [5.74, 6) is 0.449. The smallest absolute Gasteiger partial charge is 0.103 e. The normalized spacial score (nSPS) is 38.6. The molecule has 0 saturated heterocycles. The second-order valence-electron chi connectivity index (χ2n) is 2.30. The Morgan fingerprint density at radius 3 is 2.43 bits per heavy atom. The van der Waals surface area contributed by atoms with E-state index >= 15 is 0 Å². The Labute approximate surface area is 43.7 Å². The molecular weight excluding hydrogens is 91.1 g/mol. The molecule has 0 aromatic carbocycles. The maximum absolute atomic E-state index is 12.0. The zero-order chi connectivity index (χ0) is 5.28. The van der Waals surface area contributed by atoms with Crippen molar-refractivity contribution in [2.45, 2.75) is 32.4 Å². The molecule has 2 atom stereocenters. The summed E-state index contributed by atoms with van der Waals surface area (Å²) in [6.07, 6.45) is 2.65. The van der Waals surface area contributed by atoms with Crippen molar-refractivity contribution in [3.8, 4) is 0 Å². The van der Waals surface area contributed by atoms with Gasteiger partial charge in [0.1, 0.15) is 6.17 Å². The molecule has 0 aliphatic heterocycles. The highest BCUT2D eigenvalue weighted by Gasteiger charge is 2.35. The van der Waals surface area contributed by atoms with Gasteiger partial charge in [0.15, 0.2) is 0 Å². The first-order valence-electron chi connectivity index (χ1n) is 2.98. The van der Waals surface area contributed by atoms with Crippen LogP contribution in [0.1, 0.15) is 26.2 Å². The molecule has 1 rings (SSSR count). The topological polar surface area (TPSA) is 0 Å². The molecule has 0 nitrogen and oxygen atoms in total. The van der Waals surface area contributed by atoms with E-state index in [4.69, 9.17) is 0 Å². The molecule has 0 N–H and O–H groups in total. The Balaban J connectivity index is 1.98. The van der Waals surface area contributed by atoms with Gasteiger partial charge in [0.05, 0.1) is 0 Å². The van der Waals surface area contributed by atoms with E-state index in [-0.39, 0.29) is 0 Å². The molecule has 1 saturated carbocycles. The van der Waals surface area contributed by atoms with Gasteiger partial charge < -0.3 is 0 Å². The fourth-order valence-electron chi connectivity index (χ4n) is 0.880. The Kier molecular flexibility index (Phi) is 1.31. The Bertz CT molecular complexity index is 61.2. The summed E-state index contributed by atoms with van der Waals surface area (Å²) >= 11 is 0. The van der Waals surface area contributed by atoms with Crippen molar-refractivity contribution in [2.75, 3.05) is 0 Å². The molecule has 0 bridgehead atoms. The molecule has 1 aliphatic rings. The Morgan fingerprint density at radius 2 is 2.29 bits per heavy atom. The number of hydrogen-bond acceptors (Lipinski definition) is 0. The van der Waals surface area contributed by atoms with Crippen LogP contribution in [0.5, 0.6) is 0 Å². The number of halogens is 1. The van der Waals surface area contributed by atoms with Crippen molar-refractivity contribution >= 4 is 0 Å². The second kappa shape index (κ2) is 1.81. The van der Waals surface area contributed by atoms with Gasteiger partial charge in [-0.05, 0) is 18.8 Å². The lowest BCUT2D eigenvalue weighted by Crippen LogP contribution is -1.76. The van der Waals surface area contributed by atoms with Gasteiger partial charge in [0.25, 0.3) is 0 Å². The van der Waals surface area contributed by atoms with Gasteiger partial charge in [0, 0.05) is 0 Å². The van der Waals surface area contributed by atoms with Crippen LogP contribution in [0.4, 0.5) is 4.39 Å². The predicted molar refractivity (Wildman–Crippen MR) is 27.9 cm³/mol. The Hall–Kier alpha value is -0.0700. The summed E-state index contributed by atoms with van der Waals surface area (Å²) in [7, 11) is 0. The highest BCUT2D eigenvalue weighted by atomic mass is 19.1. The molecule has 42 valence electrons. The molecule has 0 spiro atoms. The van der Waals surface area contributed by atoms with Gasteiger partial charge in [-0.15, -0.1) is 0 Å². The van der Waals surface area contributed by atoms with Crippen LogP contribution in [0.15, 0.2) is 0 Å². The molecule has 0 aromatic rings. The van der Waals surface area contributed by atoms with Crippen LogP contribution >= 0.6 is 0 Å². The molecular formula is C6H11F. The minimum atomic E-state index is -0.431. The number of rotatable bonds is 2. The van der Waals surface area contributed by atoms with Crippen LogP contribution in [0.25, 0.3) is 0 Å². The third-order valence-corrected chi connectivity index (χ3v) is 1.50. The SMILES string of the molecule is CCCC1CC1F. The average Bonchev–Trinajstić information content (AvgIpc) is 2.22. The third kappa shape index (κ3) is 1.15. The van der Waals surface area contributed by atoms with Crippen molar-refractivity contribution < 1.29 is 4.39 Å². The van der Waals surface area contributed by atoms with E-state index in [1.54, 1.807) is 0 Å². The Morgan fingerprint density at radius 1 is 1.71 bits per heavy atom. The van der Waals surface area contributed by atoms with Gasteiger partial charge >= 0.3 is 0 Å². The van der Waals surface area contributed by atoms with E-state index in [0.717, 1.165) is 19.3 Å². The first-order valence-corrected chi connectivity index (χ1v) is 2.98. The highest BCUT2D eigenvalue weighted by Crippen LogP contribution is 2.37. The summed E-state index contributed by atoms with van der Waals surface area (Å²) in [5.41, 5.74) is 0. The first kappa shape index (κ1) is 5.07. The fraction of sp³-hybridized carbons (Fsp3) is 1.00.